The summed E-state index contributed by atoms with van der Waals surface area (Å²) in [5.41, 5.74) is 7.35. The third-order valence-corrected chi connectivity index (χ3v) is 4.46. The smallest absolute Gasteiger partial charge is 0.129 e. The molecule has 19 heavy (non-hydrogen) atoms. The Morgan fingerprint density at radius 1 is 1.21 bits per heavy atom. The van der Waals surface area contributed by atoms with Gasteiger partial charge in [-0.1, -0.05) is 6.07 Å². The van der Waals surface area contributed by atoms with E-state index < -0.39 is 0 Å². The van der Waals surface area contributed by atoms with Gasteiger partial charge in [-0.2, -0.15) is 0 Å². The van der Waals surface area contributed by atoms with Crippen LogP contribution in [0.25, 0.3) is 0 Å². The average molecular weight is 263 g/mol. The van der Waals surface area contributed by atoms with Gasteiger partial charge in [-0.05, 0) is 44.5 Å². The molecular weight excluding hydrogens is 241 g/mol. The lowest BCUT2D eigenvalue weighted by Crippen LogP contribution is -2.35. The summed E-state index contributed by atoms with van der Waals surface area (Å²) in [7, 11) is 0. The first-order valence-electron chi connectivity index (χ1n) is 7.26. The Kier molecular flexibility index (Phi) is 3.71. The summed E-state index contributed by atoms with van der Waals surface area (Å²) in [6.07, 6.45) is 3.83. The van der Waals surface area contributed by atoms with E-state index in [2.05, 4.69) is 9.80 Å². The number of hydrogen-bond donors (Lipinski definition) is 1. The molecule has 1 atom stereocenters. The van der Waals surface area contributed by atoms with Crippen LogP contribution in [-0.4, -0.2) is 37.1 Å². The minimum atomic E-state index is -0.176. The predicted molar refractivity (Wildman–Crippen MR) is 75.7 cm³/mol. The Hall–Kier alpha value is -1.13. The van der Waals surface area contributed by atoms with Gasteiger partial charge in [0.25, 0.3) is 0 Å². The van der Waals surface area contributed by atoms with Crippen LogP contribution in [0.4, 0.5) is 10.1 Å². The van der Waals surface area contributed by atoms with Crippen LogP contribution in [0, 0.1) is 5.82 Å². The number of anilines is 1. The molecule has 0 bridgehead atoms. The van der Waals surface area contributed by atoms with Gasteiger partial charge in [0, 0.05) is 36.9 Å². The number of nitrogens with zero attached hydrogens (tertiary/aromatic N) is 2. The first-order valence-corrected chi connectivity index (χ1v) is 7.26. The van der Waals surface area contributed by atoms with Gasteiger partial charge in [-0.3, -0.25) is 4.90 Å². The van der Waals surface area contributed by atoms with E-state index >= 15 is 0 Å². The van der Waals surface area contributed by atoms with Crippen LogP contribution in [-0.2, 0) is 6.54 Å². The highest BCUT2D eigenvalue weighted by Gasteiger charge is 2.30. The van der Waals surface area contributed by atoms with E-state index in [4.69, 9.17) is 5.73 Å². The topological polar surface area (TPSA) is 32.5 Å². The van der Waals surface area contributed by atoms with Crippen molar-refractivity contribution in [3.63, 3.8) is 0 Å². The quantitative estimate of drug-likeness (QED) is 0.905. The SMILES string of the molecule is NCc1c(F)cccc1N1CCC(N2CCCC2)C1. The van der Waals surface area contributed by atoms with E-state index in [0.717, 1.165) is 18.8 Å². The maximum absolute atomic E-state index is 13.8. The van der Waals surface area contributed by atoms with Gasteiger partial charge in [-0.15, -0.1) is 0 Å². The maximum atomic E-state index is 13.8. The summed E-state index contributed by atoms with van der Waals surface area (Å²) in [5, 5.41) is 0. The Morgan fingerprint density at radius 3 is 2.74 bits per heavy atom. The van der Waals surface area contributed by atoms with Gasteiger partial charge in [0.1, 0.15) is 5.82 Å². The van der Waals surface area contributed by atoms with E-state index in [1.807, 2.05) is 6.07 Å². The van der Waals surface area contributed by atoms with Gasteiger partial charge in [0.15, 0.2) is 0 Å². The lowest BCUT2D eigenvalue weighted by Gasteiger charge is -2.25. The highest BCUT2D eigenvalue weighted by molar-refractivity contribution is 5.55. The molecule has 0 saturated carbocycles. The lowest BCUT2D eigenvalue weighted by molar-refractivity contribution is 0.260. The lowest BCUT2D eigenvalue weighted by atomic mass is 10.1. The van der Waals surface area contributed by atoms with Gasteiger partial charge >= 0.3 is 0 Å². The number of hydrogen-bond acceptors (Lipinski definition) is 3. The molecule has 2 aliphatic heterocycles. The number of benzene rings is 1. The summed E-state index contributed by atoms with van der Waals surface area (Å²) in [4.78, 5) is 4.88. The van der Waals surface area contributed by atoms with Crippen molar-refractivity contribution in [3.8, 4) is 0 Å². The van der Waals surface area contributed by atoms with Crippen molar-refractivity contribution in [3.05, 3.63) is 29.6 Å². The zero-order valence-corrected chi connectivity index (χ0v) is 11.3. The Balaban J connectivity index is 1.75. The van der Waals surface area contributed by atoms with Crippen molar-refractivity contribution in [2.45, 2.75) is 31.8 Å². The zero-order chi connectivity index (χ0) is 13.2. The summed E-state index contributed by atoms with van der Waals surface area (Å²) < 4.78 is 13.8. The van der Waals surface area contributed by atoms with Crippen LogP contribution >= 0.6 is 0 Å². The predicted octanol–water partition coefficient (Wildman–Crippen LogP) is 1.96. The molecule has 0 aliphatic carbocycles. The first-order chi connectivity index (χ1) is 9.29. The van der Waals surface area contributed by atoms with Crippen molar-refractivity contribution in [1.82, 2.24) is 4.90 Å². The second-order valence-corrected chi connectivity index (χ2v) is 5.57. The van der Waals surface area contributed by atoms with Gasteiger partial charge in [-0.25, -0.2) is 4.39 Å². The molecule has 3 nitrogen and oxygen atoms in total. The molecule has 1 aromatic carbocycles. The Labute approximate surface area is 114 Å². The highest BCUT2D eigenvalue weighted by atomic mass is 19.1. The van der Waals surface area contributed by atoms with E-state index in [1.165, 1.54) is 38.4 Å². The van der Waals surface area contributed by atoms with Crippen LogP contribution in [0.5, 0.6) is 0 Å². The van der Waals surface area contributed by atoms with Crippen LogP contribution in [0.2, 0.25) is 0 Å². The highest BCUT2D eigenvalue weighted by Crippen LogP contribution is 2.29. The summed E-state index contributed by atoms with van der Waals surface area (Å²) in [6.45, 7) is 4.75. The van der Waals surface area contributed by atoms with Crippen molar-refractivity contribution in [2.24, 2.45) is 5.73 Å². The average Bonchev–Trinajstić information content (AvgIpc) is 3.09. The number of nitrogens with two attached hydrogens (primary N) is 1. The molecule has 2 fully saturated rings. The minimum Gasteiger partial charge on any atom is -0.370 e. The van der Waals surface area contributed by atoms with E-state index in [9.17, 15) is 4.39 Å². The molecule has 1 unspecified atom stereocenters. The number of rotatable bonds is 3. The summed E-state index contributed by atoms with van der Waals surface area (Å²) in [6, 6.07) is 5.92. The van der Waals surface area contributed by atoms with Crippen LogP contribution in [0.1, 0.15) is 24.8 Å². The van der Waals surface area contributed by atoms with Crippen molar-refractivity contribution in [1.29, 1.82) is 0 Å². The minimum absolute atomic E-state index is 0.176. The molecule has 2 heterocycles. The standard InChI is InChI=1S/C15H22FN3/c16-14-4-3-5-15(13(14)10-17)19-9-6-12(11-19)18-7-1-2-8-18/h3-5,12H,1-2,6-11,17H2. The second kappa shape index (κ2) is 5.47. The summed E-state index contributed by atoms with van der Waals surface area (Å²) in [5.74, 6) is -0.176. The molecule has 0 radical (unpaired) electrons. The normalized spacial score (nSPS) is 24.3. The van der Waals surface area contributed by atoms with Crippen molar-refractivity contribution in [2.75, 3.05) is 31.1 Å². The fourth-order valence-electron chi connectivity index (χ4n) is 3.41. The van der Waals surface area contributed by atoms with Gasteiger partial charge in [0.2, 0.25) is 0 Å². The maximum Gasteiger partial charge on any atom is 0.129 e. The largest absolute Gasteiger partial charge is 0.370 e. The van der Waals surface area contributed by atoms with Gasteiger partial charge in [0.05, 0.1) is 0 Å². The molecule has 0 spiro atoms. The van der Waals surface area contributed by atoms with Crippen LogP contribution in [0.3, 0.4) is 0 Å². The fourth-order valence-corrected chi connectivity index (χ4v) is 3.41. The zero-order valence-electron chi connectivity index (χ0n) is 11.3. The molecule has 3 rings (SSSR count). The molecule has 4 heteroatoms. The third-order valence-electron chi connectivity index (χ3n) is 4.46. The van der Waals surface area contributed by atoms with E-state index in [0.29, 0.717) is 11.6 Å². The Bertz CT molecular complexity index is 443. The molecule has 0 aromatic heterocycles. The molecule has 0 amide bonds. The summed E-state index contributed by atoms with van der Waals surface area (Å²) >= 11 is 0. The second-order valence-electron chi connectivity index (χ2n) is 5.57. The third kappa shape index (κ3) is 2.47. The molecule has 2 N–H and O–H groups in total. The van der Waals surface area contributed by atoms with E-state index in [-0.39, 0.29) is 12.4 Å². The van der Waals surface area contributed by atoms with E-state index in [1.54, 1.807) is 6.07 Å². The van der Waals surface area contributed by atoms with Crippen LogP contribution in [0.15, 0.2) is 18.2 Å². The monoisotopic (exact) mass is 263 g/mol. The van der Waals surface area contributed by atoms with Crippen LogP contribution < -0.4 is 10.6 Å². The molecule has 104 valence electrons. The molecule has 2 saturated heterocycles. The molecule has 2 aliphatic rings. The number of likely N-dealkylation sites (tertiary alicyclic amines) is 1. The van der Waals surface area contributed by atoms with Gasteiger partial charge < -0.3 is 10.6 Å². The Morgan fingerprint density at radius 2 is 2.00 bits per heavy atom. The fraction of sp³-hybridized carbons (Fsp3) is 0.600. The molecular formula is C15H22FN3. The molecule has 1 aromatic rings. The first kappa shape index (κ1) is 12.9. The van der Waals surface area contributed by atoms with Crippen molar-refractivity contribution < 1.29 is 4.39 Å². The number of halogens is 1. The van der Waals surface area contributed by atoms with Crippen molar-refractivity contribution >= 4 is 5.69 Å².